The molecule has 1 aromatic carbocycles. The van der Waals surface area contributed by atoms with Crippen LogP contribution in [0.25, 0.3) is 0 Å². The molecule has 0 bridgehead atoms. The Hall–Kier alpha value is -1.88. The van der Waals surface area contributed by atoms with E-state index >= 15 is 0 Å². The molecule has 6 heteroatoms. The number of hydrogen-bond donors (Lipinski definition) is 2. The molecule has 1 fully saturated rings. The lowest BCUT2D eigenvalue weighted by molar-refractivity contribution is -0.131. The van der Waals surface area contributed by atoms with Gasteiger partial charge in [0.05, 0.1) is 6.42 Å². The molecule has 0 saturated carbocycles. The molecule has 0 aromatic heterocycles. The van der Waals surface area contributed by atoms with Crippen LogP contribution >= 0.6 is 11.6 Å². The first kappa shape index (κ1) is 10.3. The number of carbonyl (C=O) groups excluding carboxylic acids is 3. The van der Waals surface area contributed by atoms with Crippen LogP contribution in [0.1, 0.15) is 12.0 Å². The molecule has 3 rings (SSSR count). The second kappa shape index (κ2) is 3.07. The van der Waals surface area contributed by atoms with E-state index in [1.807, 2.05) is 0 Å². The largest absolute Gasteiger partial charge is 0.324 e. The van der Waals surface area contributed by atoms with Crippen LogP contribution in [0.4, 0.5) is 5.69 Å². The summed E-state index contributed by atoms with van der Waals surface area (Å²) in [5.74, 6) is -1.56. The topological polar surface area (TPSA) is 75.3 Å². The maximum absolute atomic E-state index is 12.0. The minimum absolute atomic E-state index is 0.186. The van der Waals surface area contributed by atoms with Crippen molar-refractivity contribution in [3.8, 4) is 0 Å². The van der Waals surface area contributed by atoms with Gasteiger partial charge < -0.3 is 5.32 Å². The molecular weight excluding hydrogens is 244 g/mol. The zero-order valence-electron chi connectivity index (χ0n) is 8.54. The highest BCUT2D eigenvalue weighted by Crippen LogP contribution is 2.46. The number of halogens is 1. The van der Waals surface area contributed by atoms with Crippen molar-refractivity contribution in [3.63, 3.8) is 0 Å². The number of nitrogens with one attached hydrogen (secondary N) is 2. The first-order valence-electron chi connectivity index (χ1n) is 5.00. The minimum atomic E-state index is -1.48. The first-order valence-corrected chi connectivity index (χ1v) is 5.38. The third-order valence-electron chi connectivity index (χ3n) is 3.14. The van der Waals surface area contributed by atoms with Gasteiger partial charge in [0.2, 0.25) is 17.7 Å². The van der Waals surface area contributed by atoms with Gasteiger partial charge in [0, 0.05) is 16.3 Å². The summed E-state index contributed by atoms with van der Waals surface area (Å²) in [6.45, 7) is 0. The number of carbonyl (C=O) groups is 3. The predicted octanol–water partition coefficient (Wildman–Crippen LogP) is 0.576. The fourth-order valence-corrected chi connectivity index (χ4v) is 2.72. The van der Waals surface area contributed by atoms with Gasteiger partial charge in [-0.25, -0.2) is 0 Å². The van der Waals surface area contributed by atoms with E-state index in [1.165, 1.54) is 0 Å². The zero-order valence-corrected chi connectivity index (χ0v) is 9.30. The monoisotopic (exact) mass is 250 g/mol. The smallest absolute Gasteiger partial charge is 0.247 e. The standard InChI is InChI=1S/C11H7ClN2O3/c12-5-2-1-3-6-8(5)11(9(16)13-6)4-7(15)14-10(11)17/h1-3H,4H2,(H,13,16)(H,14,15,17). The van der Waals surface area contributed by atoms with Crippen molar-refractivity contribution in [1.82, 2.24) is 5.32 Å². The minimum Gasteiger partial charge on any atom is -0.324 e. The number of rotatable bonds is 0. The highest BCUT2D eigenvalue weighted by molar-refractivity contribution is 6.36. The van der Waals surface area contributed by atoms with Crippen molar-refractivity contribution in [2.24, 2.45) is 0 Å². The predicted molar refractivity (Wildman–Crippen MR) is 59.5 cm³/mol. The lowest BCUT2D eigenvalue weighted by Crippen LogP contribution is -2.41. The Morgan fingerprint density at radius 1 is 1.12 bits per heavy atom. The summed E-state index contributed by atoms with van der Waals surface area (Å²) in [6, 6.07) is 4.93. The van der Waals surface area contributed by atoms with Crippen LogP contribution in [0.3, 0.4) is 0 Å². The van der Waals surface area contributed by atoms with E-state index in [9.17, 15) is 14.4 Å². The fourth-order valence-electron chi connectivity index (χ4n) is 2.39. The summed E-state index contributed by atoms with van der Waals surface area (Å²) in [4.78, 5) is 35.2. The quantitative estimate of drug-likeness (QED) is 0.522. The van der Waals surface area contributed by atoms with E-state index in [0.29, 0.717) is 16.3 Å². The van der Waals surface area contributed by atoms with Gasteiger partial charge in [-0.2, -0.15) is 0 Å². The van der Waals surface area contributed by atoms with Gasteiger partial charge in [0.25, 0.3) is 0 Å². The van der Waals surface area contributed by atoms with Crippen molar-refractivity contribution in [2.45, 2.75) is 11.8 Å². The molecule has 1 aromatic rings. The van der Waals surface area contributed by atoms with Crippen molar-refractivity contribution in [2.75, 3.05) is 5.32 Å². The van der Waals surface area contributed by atoms with Gasteiger partial charge in [0.1, 0.15) is 0 Å². The maximum Gasteiger partial charge on any atom is 0.247 e. The molecule has 0 radical (unpaired) electrons. The van der Waals surface area contributed by atoms with Crippen LogP contribution in [0, 0.1) is 0 Å². The Bertz CT molecular complexity index is 584. The molecule has 86 valence electrons. The molecule has 1 unspecified atom stereocenters. The Balaban J connectivity index is 2.30. The Morgan fingerprint density at radius 2 is 1.82 bits per heavy atom. The Labute approximate surface area is 101 Å². The summed E-state index contributed by atoms with van der Waals surface area (Å²) in [5, 5.41) is 5.05. The molecule has 3 amide bonds. The number of benzene rings is 1. The first-order chi connectivity index (χ1) is 8.05. The van der Waals surface area contributed by atoms with E-state index in [2.05, 4.69) is 10.6 Å². The summed E-state index contributed by atoms with van der Waals surface area (Å²) in [6.07, 6.45) is -0.186. The van der Waals surface area contributed by atoms with Gasteiger partial charge in [-0.15, -0.1) is 0 Å². The van der Waals surface area contributed by atoms with E-state index < -0.39 is 23.1 Å². The SMILES string of the molecule is O=C1CC2(C(=O)N1)C(=O)Nc1cccc(Cl)c12. The van der Waals surface area contributed by atoms with Crippen LogP contribution in [0.5, 0.6) is 0 Å². The van der Waals surface area contributed by atoms with Crippen LogP contribution in [-0.4, -0.2) is 17.7 Å². The van der Waals surface area contributed by atoms with Gasteiger partial charge in [-0.3, -0.25) is 19.7 Å². The molecular formula is C11H7ClN2O3. The number of fused-ring (bicyclic) bond motifs is 2. The molecule has 2 heterocycles. The highest BCUT2D eigenvalue weighted by Gasteiger charge is 2.59. The van der Waals surface area contributed by atoms with Crippen LogP contribution in [0.2, 0.25) is 5.02 Å². The van der Waals surface area contributed by atoms with Crippen molar-refractivity contribution >= 4 is 35.0 Å². The summed E-state index contributed by atoms with van der Waals surface area (Å²) in [5.41, 5.74) is -0.590. The van der Waals surface area contributed by atoms with Gasteiger partial charge in [-0.1, -0.05) is 17.7 Å². The number of hydrogen-bond acceptors (Lipinski definition) is 3. The molecule has 2 aliphatic heterocycles. The third-order valence-corrected chi connectivity index (χ3v) is 3.46. The second-order valence-corrected chi connectivity index (χ2v) is 4.48. The van der Waals surface area contributed by atoms with Gasteiger partial charge in [-0.05, 0) is 12.1 Å². The molecule has 0 aliphatic carbocycles. The molecule has 1 saturated heterocycles. The van der Waals surface area contributed by atoms with Gasteiger partial charge >= 0.3 is 0 Å². The van der Waals surface area contributed by atoms with E-state index in [-0.39, 0.29) is 6.42 Å². The van der Waals surface area contributed by atoms with Crippen molar-refractivity contribution in [3.05, 3.63) is 28.8 Å². The highest BCUT2D eigenvalue weighted by atomic mass is 35.5. The lowest BCUT2D eigenvalue weighted by atomic mass is 9.80. The Morgan fingerprint density at radius 3 is 2.47 bits per heavy atom. The fraction of sp³-hybridized carbons (Fsp3) is 0.182. The van der Waals surface area contributed by atoms with Crippen LogP contribution < -0.4 is 10.6 Å². The van der Waals surface area contributed by atoms with Gasteiger partial charge in [0.15, 0.2) is 5.41 Å². The second-order valence-electron chi connectivity index (χ2n) is 4.08. The molecule has 5 nitrogen and oxygen atoms in total. The van der Waals surface area contributed by atoms with Crippen molar-refractivity contribution in [1.29, 1.82) is 0 Å². The van der Waals surface area contributed by atoms with Crippen LogP contribution in [0.15, 0.2) is 18.2 Å². The zero-order chi connectivity index (χ0) is 12.2. The molecule has 1 atom stereocenters. The Kier molecular flexibility index (Phi) is 1.86. The molecule has 1 spiro atoms. The van der Waals surface area contributed by atoms with E-state index in [4.69, 9.17) is 11.6 Å². The van der Waals surface area contributed by atoms with E-state index in [1.54, 1.807) is 18.2 Å². The maximum atomic E-state index is 12.0. The third kappa shape index (κ3) is 1.12. The normalized spacial score (nSPS) is 26.1. The summed E-state index contributed by atoms with van der Waals surface area (Å²) < 4.78 is 0. The lowest BCUT2D eigenvalue weighted by Gasteiger charge is -2.17. The summed E-state index contributed by atoms with van der Waals surface area (Å²) in [7, 11) is 0. The average molecular weight is 251 g/mol. The van der Waals surface area contributed by atoms with Crippen LogP contribution in [-0.2, 0) is 19.8 Å². The van der Waals surface area contributed by atoms with Crippen molar-refractivity contribution < 1.29 is 14.4 Å². The number of anilines is 1. The molecule has 2 aliphatic rings. The van der Waals surface area contributed by atoms with E-state index in [0.717, 1.165) is 0 Å². The average Bonchev–Trinajstić information content (AvgIpc) is 2.69. The number of amides is 3. The summed E-state index contributed by atoms with van der Waals surface area (Å²) >= 11 is 6.03. The molecule has 2 N–H and O–H groups in total. The number of imide groups is 1. The molecule has 17 heavy (non-hydrogen) atoms.